The molecule has 6 aromatic rings. The third-order valence-corrected chi connectivity index (χ3v) is 7.55. The van der Waals surface area contributed by atoms with Crippen LogP contribution < -0.4 is 0 Å². The highest BCUT2D eigenvalue weighted by Gasteiger charge is 2.34. The molecule has 6 rings (SSSR count). The minimum absolute atomic E-state index is 0.157. The molecule has 2 atom stereocenters. The summed E-state index contributed by atoms with van der Waals surface area (Å²) in [5.41, 5.74) is 8.39. The van der Waals surface area contributed by atoms with Crippen molar-refractivity contribution in [1.82, 2.24) is 0 Å². The van der Waals surface area contributed by atoms with Gasteiger partial charge >= 0.3 is 0 Å². The Hall–Kier alpha value is -5.01. The summed E-state index contributed by atoms with van der Waals surface area (Å²) in [6.07, 6.45) is 0. The average molecular weight is 515 g/mol. The lowest BCUT2D eigenvalue weighted by molar-refractivity contribution is -0.120. The van der Waals surface area contributed by atoms with Gasteiger partial charge in [0.2, 0.25) is 0 Å². The second-order valence-electron chi connectivity index (χ2n) is 10.00. The molecule has 0 aliphatic heterocycles. The summed E-state index contributed by atoms with van der Waals surface area (Å²) >= 11 is 0. The number of hydrogen-bond donors (Lipinski definition) is 0. The van der Waals surface area contributed by atoms with Crippen LogP contribution in [0.1, 0.15) is 34.1 Å². The van der Waals surface area contributed by atoms with E-state index in [9.17, 15) is 0 Å². The van der Waals surface area contributed by atoms with Crippen molar-refractivity contribution in [1.29, 1.82) is 0 Å². The molecular formula is C39H30O. The number of carbonyl (C=O) groups is 1. The first-order valence-corrected chi connectivity index (χ1v) is 13.7. The van der Waals surface area contributed by atoms with E-state index in [1.54, 1.807) is 0 Å². The smallest absolute Gasteiger partial charge is 0.156 e. The van der Waals surface area contributed by atoms with Crippen molar-refractivity contribution >= 4 is 5.78 Å². The first kappa shape index (κ1) is 25.3. The van der Waals surface area contributed by atoms with E-state index in [-0.39, 0.29) is 5.78 Å². The van der Waals surface area contributed by atoms with Crippen LogP contribution in [0.3, 0.4) is 0 Å². The Morgan fingerprint density at radius 3 is 1.02 bits per heavy atom. The van der Waals surface area contributed by atoms with Gasteiger partial charge in [0.05, 0.1) is 11.8 Å². The summed E-state index contributed by atoms with van der Waals surface area (Å²) in [5.74, 6) is -0.748. The molecule has 0 N–H and O–H groups in total. The van der Waals surface area contributed by atoms with Crippen LogP contribution in [0, 0.1) is 0 Å². The quantitative estimate of drug-likeness (QED) is 0.198. The third-order valence-electron chi connectivity index (χ3n) is 7.55. The van der Waals surface area contributed by atoms with E-state index in [1.807, 2.05) is 84.9 Å². The van der Waals surface area contributed by atoms with Gasteiger partial charge in [-0.2, -0.15) is 0 Å². The highest BCUT2D eigenvalue weighted by Crippen LogP contribution is 2.42. The van der Waals surface area contributed by atoms with E-state index < -0.39 is 11.8 Å². The van der Waals surface area contributed by atoms with Crippen LogP contribution >= 0.6 is 0 Å². The number of carbonyl (C=O) groups excluding carboxylic acids is 1. The standard InChI is InChI=1S/C39H30O/c40-39(37(31-21-9-3-10-22-31)35-27-15-13-25-33(35)29-17-5-1-6-18-29)38(32-23-11-4-12-24-32)36-28-16-14-26-34(36)30-19-7-2-8-20-30/h1-28,37-38H. The van der Waals surface area contributed by atoms with Crippen LogP contribution in [-0.2, 0) is 4.79 Å². The van der Waals surface area contributed by atoms with Crippen molar-refractivity contribution in [2.75, 3.05) is 0 Å². The molecule has 0 aliphatic rings. The van der Waals surface area contributed by atoms with Crippen LogP contribution in [0.25, 0.3) is 22.3 Å². The van der Waals surface area contributed by atoms with Gasteiger partial charge in [0.15, 0.2) is 5.78 Å². The van der Waals surface area contributed by atoms with E-state index in [4.69, 9.17) is 0 Å². The Bertz CT molecular complexity index is 1560. The molecule has 0 fully saturated rings. The van der Waals surface area contributed by atoms with Gasteiger partial charge in [0.1, 0.15) is 0 Å². The molecule has 0 aliphatic carbocycles. The molecule has 1 heteroatoms. The normalized spacial score (nSPS) is 12.4. The van der Waals surface area contributed by atoms with Gasteiger partial charge in [0.25, 0.3) is 0 Å². The van der Waals surface area contributed by atoms with Gasteiger partial charge in [0, 0.05) is 0 Å². The fourth-order valence-corrected chi connectivity index (χ4v) is 5.71. The van der Waals surface area contributed by atoms with E-state index in [0.717, 1.165) is 44.5 Å². The van der Waals surface area contributed by atoms with E-state index in [1.165, 1.54) is 0 Å². The molecule has 0 spiro atoms. The Morgan fingerprint density at radius 2 is 0.650 bits per heavy atom. The zero-order valence-corrected chi connectivity index (χ0v) is 22.2. The van der Waals surface area contributed by atoms with E-state index >= 15 is 4.79 Å². The minimum Gasteiger partial charge on any atom is -0.298 e. The summed E-state index contributed by atoms with van der Waals surface area (Å²) < 4.78 is 0. The Labute approximate surface area is 236 Å². The van der Waals surface area contributed by atoms with Gasteiger partial charge in [-0.25, -0.2) is 0 Å². The van der Waals surface area contributed by atoms with Crippen LogP contribution in [0.15, 0.2) is 170 Å². The highest BCUT2D eigenvalue weighted by molar-refractivity contribution is 5.99. The Kier molecular flexibility index (Phi) is 7.46. The second-order valence-corrected chi connectivity index (χ2v) is 10.00. The number of Topliss-reactive ketones (excluding diaryl/α,β-unsaturated/α-hetero) is 1. The highest BCUT2D eigenvalue weighted by atomic mass is 16.1. The molecule has 0 saturated carbocycles. The van der Waals surface area contributed by atoms with Crippen molar-refractivity contribution < 1.29 is 4.79 Å². The van der Waals surface area contributed by atoms with Crippen LogP contribution in [-0.4, -0.2) is 5.78 Å². The number of ketones is 1. The van der Waals surface area contributed by atoms with Crippen LogP contribution in [0.4, 0.5) is 0 Å². The molecule has 0 bridgehead atoms. The van der Waals surface area contributed by atoms with Gasteiger partial charge in [-0.05, 0) is 44.5 Å². The first-order chi connectivity index (χ1) is 19.8. The number of hydrogen-bond acceptors (Lipinski definition) is 1. The maximum atomic E-state index is 15.2. The fourth-order valence-electron chi connectivity index (χ4n) is 5.71. The molecule has 0 saturated heterocycles. The summed E-state index contributed by atoms with van der Waals surface area (Å²) in [6, 6.07) is 57.8. The predicted molar refractivity (Wildman–Crippen MR) is 165 cm³/mol. The number of benzene rings is 6. The maximum Gasteiger partial charge on any atom is 0.156 e. The molecule has 0 amide bonds. The zero-order valence-electron chi connectivity index (χ0n) is 22.2. The van der Waals surface area contributed by atoms with Gasteiger partial charge in [-0.3, -0.25) is 4.79 Å². The zero-order chi connectivity index (χ0) is 27.1. The topological polar surface area (TPSA) is 17.1 Å². The molecule has 40 heavy (non-hydrogen) atoms. The third kappa shape index (κ3) is 5.15. The van der Waals surface area contributed by atoms with Crippen molar-refractivity contribution in [2.45, 2.75) is 11.8 Å². The van der Waals surface area contributed by atoms with Gasteiger partial charge in [-0.15, -0.1) is 0 Å². The number of rotatable bonds is 8. The monoisotopic (exact) mass is 514 g/mol. The van der Waals surface area contributed by atoms with E-state index in [2.05, 4.69) is 84.9 Å². The average Bonchev–Trinajstić information content (AvgIpc) is 3.04. The predicted octanol–water partition coefficient (Wildman–Crippen LogP) is 9.55. The van der Waals surface area contributed by atoms with Crippen LogP contribution in [0.5, 0.6) is 0 Å². The maximum absolute atomic E-state index is 15.2. The molecule has 192 valence electrons. The second kappa shape index (κ2) is 11.8. The van der Waals surface area contributed by atoms with Gasteiger partial charge in [-0.1, -0.05) is 170 Å². The lowest BCUT2D eigenvalue weighted by atomic mass is 9.74. The molecular weight excluding hydrogens is 484 g/mol. The van der Waals surface area contributed by atoms with Gasteiger partial charge < -0.3 is 0 Å². The van der Waals surface area contributed by atoms with Crippen LogP contribution in [0.2, 0.25) is 0 Å². The summed E-state index contributed by atoms with van der Waals surface area (Å²) in [6.45, 7) is 0. The van der Waals surface area contributed by atoms with Crippen molar-refractivity contribution in [2.24, 2.45) is 0 Å². The molecule has 0 radical (unpaired) electrons. The van der Waals surface area contributed by atoms with Crippen molar-refractivity contribution in [3.63, 3.8) is 0 Å². The van der Waals surface area contributed by atoms with Crippen molar-refractivity contribution in [3.05, 3.63) is 192 Å². The fraction of sp³-hybridized carbons (Fsp3) is 0.0513. The minimum atomic E-state index is -0.452. The Balaban J connectivity index is 1.58. The molecule has 1 nitrogen and oxygen atoms in total. The van der Waals surface area contributed by atoms with Crippen molar-refractivity contribution in [3.8, 4) is 22.3 Å². The summed E-state index contributed by atoms with van der Waals surface area (Å²) in [7, 11) is 0. The first-order valence-electron chi connectivity index (χ1n) is 13.7. The largest absolute Gasteiger partial charge is 0.298 e. The molecule has 0 heterocycles. The molecule has 6 aromatic carbocycles. The summed E-state index contributed by atoms with van der Waals surface area (Å²) in [5, 5.41) is 0. The SMILES string of the molecule is O=C(C(c1ccccc1)c1ccccc1-c1ccccc1)C(c1ccccc1)c1ccccc1-c1ccccc1. The molecule has 2 unspecified atom stereocenters. The van der Waals surface area contributed by atoms with E-state index in [0.29, 0.717) is 0 Å². The lowest BCUT2D eigenvalue weighted by Crippen LogP contribution is -2.24. The summed E-state index contributed by atoms with van der Waals surface area (Å²) in [4.78, 5) is 15.2. The lowest BCUT2D eigenvalue weighted by Gasteiger charge is -2.27. The molecule has 0 aromatic heterocycles. The Morgan fingerprint density at radius 1 is 0.350 bits per heavy atom.